The minimum Gasteiger partial charge on any atom is -0.337 e. The fourth-order valence-electron chi connectivity index (χ4n) is 2.13. The Morgan fingerprint density at radius 2 is 2.24 bits per heavy atom. The molecule has 1 N–H and O–H groups in total. The molecule has 1 atom stereocenters. The maximum absolute atomic E-state index is 4.36. The summed E-state index contributed by atoms with van der Waals surface area (Å²) in [7, 11) is 4.21. The minimum absolute atomic E-state index is 0.593. The van der Waals surface area contributed by atoms with E-state index < -0.39 is 0 Å². The smallest absolute Gasteiger partial charge is 0.122 e. The summed E-state index contributed by atoms with van der Waals surface area (Å²) in [6.07, 6.45) is 6.32. The molecule has 0 spiro atoms. The molecule has 0 saturated carbocycles. The Balaban J connectivity index is 2.41. The highest BCUT2D eigenvalue weighted by atomic mass is 15.2. The Morgan fingerprint density at radius 1 is 1.47 bits per heavy atom. The van der Waals surface area contributed by atoms with E-state index in [4.69, 9.17) is 0 Å². The van der Waals surface area contributed by atoms with Crippen LogP contribution in [0.25, 0.3) is 0 Å². The second-order valence-corrected chi connectivity index (χ2v) is 4.69. The van der Waals surface area contributed by atoms with E-state index in [9.17, 15) is 0 Å². The van der Waals surface area contributed by atoms with Crippen LogP contribution in [0, 0.1) is 0 Å². The van der Waals surface area contributed by atoms with Crippen LogP contribution in [0.4, 0.5) is 0 Å². The van der Waals surface area contributed by atoms with Gasteiger partial charge in [-0.05, 0) is 20.0 Å². The number of hydrogen-bond acceptors (Lipinski definition) is 3. The van der Waals surface area contributed by atoms with E-state index >= 15 is 0 Å². The zero-order valence-corrected chi connectivity index (χ0v) is 11.6. The van der Waals surface area contributed by atoms with Gasteiger partial charge in [0, 0.05) is 32.0 Å². The number of imidazole rings is 1. The quantitative estimate of drug-likeness (QED) is 0.747. The fourth-order valence-corrected chi connectivity index (χ4v) is 2.13. The molecule has 0 aliphatic heterocycles. The van der Waals surface area contributed by atoms with Crippen molar-refractivity contribution in [2.24, 2.45) is 7.05 Å². The van der Waals surface area contributed by atoms with Crippen LogP contribution < -0.4 is 5.32 Å². The van der Waals surface area contributed by atoms with Gasteiger partial charge in [-0.25, -0.2) is 4.98 Å². The first-order valence-corrected chi connectivity index (χ1v) is 6.55. The average Bonchev–Trinajstić information content (AvgIpc) is 2.65. The average molecular weight is 238 g/mol. The van der Waals surface area contributed by atoms with Crippen LogP contribution in [0.5, 0.6) is 0 Å². The van der Waals surface area contributed by atoms with Gasteiger partial charge in [0.1, 0.15) is 5.82 Å². The van der Waals surface area contributed by atoms with Gasteiger partial charge in [0.05, 0.1) is 6.54 Å². The summed E-state index contributed by atoms with van der Waals surface area (Å²) in [6.45, 7) is 7.44. The maximum Gasteiger partial charge on any atom is 0.122 e. The third-order valence-corrected chi connectivity index (χ3v) is 2.99. The van der Waals surface area contributed by atoms with Gasteiger partial charge in [-0.3, -0.25) is 4.90 Å². The number of aryl methyl sites for hydroxylation is 1. The highest BCUT2D eigenvalue weighted by molar-refractivity contribution is 4.90. The highest BCUT2D eigenvalue weighted by Gasteiger charge is 2.11. The monoisotopic (exact) mass is 238 g/mol. The summed E-state index contributed by atoms with van der Waals surface area (Å²) in [6, 6.07) is 0.593. The van der Waals surface area contributed by atoms with E-state index in [2.05, 4.69) is 40.7 Å². The lowest BCUT2D eigenvalue weighted by atomic mass is 10.1. The molecular formula is C13H26N4. The topological polar surface area (TPSA) is 33.1 Å². The van der Waals surface area contributed by atoms with Gasteiger partial charge in [-0.15, -0.1) is 0 Å². The zero-order valence-electron chi connectivity index (χ0n) is 11.6. The van der Waals surface area contributed by atoms with E-state index in [0.29, 0.717) is 6.04 Å². The summed E-state index contributed by atoms with van der Waals surface area (Å²) >= 11 is 0. The van der Waals surface area contributed by atoms with Crippen molar-refractivity contribution < 1.29 is 0 Å². The number of rotatable bonds is 8. The first-order chi connectivity index (χ1) is 8.17. The molecule has 4 nitrogen and oxygen atoms in total. The van der Waals surface area contributed by atoms with Crippen molar-refractivity contribution >= 4 is 0 Å². The molecule has 0 saturated heterocycles. The maximum atomic E-state index is 4.36. The largest absolute Gasteiger partial charge is 0.337 e. The highest BCUT2D eigenvalue weighted by Crippen LogP contribution is 2.03. The Hall–Kier alpha value is -0.870. The van der Waals surface area contributed by atoms with Gasteiger partial charge < -0.3 is 9.88 Å². The minimum atomic E-state index is 0.593. The molecule has 0 aliphatic carbocycles. The van der Waals surface area contributed by atoms with Gasteiger partial charge in [-0.2, -0.15) is 0 Å². The molecule has 0 aliphatic rings. The standard InChI is InChI=1S/C13H26N4/c1-5-7-12(14-6-2)10-16(3)11-13-15-8-9-17(13)4/h8-9,12,14H,5-7,10-11H2,1-4H3. The van der Waals surface area contributed by atoms with Crippen LogP contribution >= 0.6 is 0 Å². The molecule has 4 heteroatoms. The molecular weight excluding hydrogens is 212 g/mol. The second kappa shape index (κ2) is 7.45. The van der Waals surface area contributed by atoms with Gasteiger partial charge >= 0.3 is 0 Å². The molecule has 1 rings (SSSR count). The van der Waals surface area contributed by atoms with Crippen molar-refractivity contribution in [2.75, 3.05) is 20.1 Å². The molecule has 0 bridgehead atoms. The van der Waals surface area contributed by atoms with E-state index in [-0.39, 0.29) is 0 Å². The Morgan fingerprint density at radius 3 is 2.76 bits per heavy atom. The number of hydrogen-bond donors (Lipinski definition) is 1. The van der Waals surface area contributed by atoms with Crippen molar-refractivity contribution in [2.45, 2.75) is 39.3 Å². The van der Waals surface area contributed by atoms with Crippen LogP contribution in [0.15, 0.2) is 12.4 Å². The molecule has 1 aromatic rings. The van der Waals surface area contributed by atoms with Gasteiger partial charge in [0.15, 0.2) is 0 Å². The van der Waals surface area contributed by atoms with Crippen molar-refractivity contribution in [1.29, 1.82) is 0 Å². The van der Waals surface area contributed by atoms with Gasteiger partial charge in [-0.1, -0.05) is 20.3 Å². The van der Waals surface area contributed by atoms with Gasteiger partial charge in [0.2, 0.25) is 0 Å². The summed E-state index contributed by atoms with van der Waals surface area (Å²) in [5.74, 6) is 1.12. The zero-order chi connectivity index (χ0) is 12.7. The fraction of sp³-hybridized carbons (Fsp3) is 0.769. The second-order valence-electron chi connectivity index (χ2n) is 4.69. The molecule has 0 aromatic carbocycles. The Labute approximate surface area is 105 Å². The Kier molecular flexibility index (Phi) is 6.22. The molecule has 0 amide bonds. The predicted molar refractivity (Wildman–Crippen MR) is 71.9 cm³/mol. The third-order valence-electron chi connectivity index (χ3n) is 2.99. The van der Waals surface area contributed by atoms with Crippen molar-refractivity contribution in [3.05, 3.63) is 18.2 Å². The summed E-state index contributed by atoms with van der Waals surface area (Å²) in [5, 5.41) is 3.54. The molecule has 0 radical (unpaired) electrons. The molecule has 1 unspecified atom stereocenters. The van der Waals surface area contributed by atoms with Crippen LogP contribution in [-0.2, 0) is 13.6 Å². The molecule has 17 heavy (non-hydrogen) atoms. The lowest BCUT2D eigenvalue weighted by Crippen LogP contribution is -2.39. The predicted octanol–water partition coefficient (Wildman–Crippen LogP) is 1.63. The number of likely N-dealkylation sites (N-methyl/N-ethyl adjacent to an activating group) is 2. The van der Waals surface area contributed by atoms with Crippen LogP contribution in [0.1, 0.15) is 32.5 Å². The third kappa shape index (κ3) is 4.88. The van der Waals surface area contributed by atoms with Crippen LogP contribution in [0.3, 0.4) is 0 Å². The lowest BCUT2D eigenvalue weighted by molar-refractivity contribution is 0.267. The summed E-state index contributed by atoms with van der Waals surface area (Å²) < 4.78 is 2.08. The SMILES string of the molecule is CCCC(CN(C)Cc1nccn1C)NCC. The van der Waals surface area contributed by atoms with E-state index in [1.54, 1.807) is 0 Å². The molecule has 98 valence electrons. The molecule has 1 aromatic heterocycles. The van der Waals surface area contributed by atoms with Crippen LogP contribution in [-0.4, -0.2) is 40.6 Å². The van der Waals surface area contributed by atoms with E-state index in [1.165, 1.54) is 12.8 Å². The molecule has 0 fully saturated rings. The normalized spacial score (nSPS) is 13.2. The summed E-state index contributed by atoms with van der Waals surface area (Å²) in [4.78, 5) is 6.69. The first-order valence-electron chi connectivity index (χ1n) is 6.55. The number of nitrogens with one attached hydrogen (secondary N) is 1. The van der Waals surface area contributed by atoms with Crippen molar-refractivity contribution in [3.8, 4) is 0 Å². The van der Waals surface area contributed by atoms with E-state index in [0.717, 1.165) is 25.5 Å². The summed E-state index contributed by atoms with van der Waals surface area (Å²) in [5.41, 5.74) is 0. The number of aromatic nitrogens is 2. The Bertz CT molecular complexity index is 302. The first kappa shape index (κ1) is 14.2. The molecule has 1 heterocycles. The van der Waals surface area contributed by atoms with E-state index in [1.807, 2.05) is 19.4 Å². The van der Waals surface area contributed by atoms with Crippen LogP contribution in [0.2, 0.25) is 0 Å². The van der Waals surface area contributed by atoms with Crippen molar-refractivity contribution in [1.82, 2.24) is 19.8 Å². The van der Waals surface area contributed by atoms with Gasteiger partial charge in [0.25, 0.3) is 0 Å². The van der Waals surface area contributed by atoms with Crippen molar-refractivity contribution in [3.63, 3.8) is 0 Å². The number of nitrogens with zero attached hydrogens (tertiary/aromatic N) is 3. The lowest BCUT2D eigenvalue weighted by Gasteiger charge is -2.24.